The lowest BCUT2D eigenvalue weighted by molar-refractivity contribution is -0.0665. The van der Waals surface area contributed by atoms with E-state index in [4.69, 9.17) is 14.2 Å². The van der Waals surface area contributed by atoms with Gasteiger partial charge in [-0.1, -0.05) is 12.1 Å². The van der Waals surface area contributed by atoms with Gasteiger partial charge in [0, 0.05) is 13.5 Å². The normalized spacial score (nSPS) is 19.7. The van der Waals surface area contributed by atoms with Crippen molar-refractivity contribution >= 4 is 0 Å². The van der Waals surface area contributed by atoms with E-state index in [2.05, 4.69) is 6.07 Å². The molecule has 14 heavy (non-hydrogen) atoms. The summed E-state index contributed by atoms with van der Waals surface area (Å²) in [6.45, 7) is 0. The van der Waals surface area contributed by atoms with Crippen LogP contribution in [0.25, 0.3) is 0 Å². The predicted octanol–water partition coefficient (Wildman–Crippen LogP) is 1.99. The standard InChI is InChI=1S/C11H14O3/c1-12-9-5-3-4-8-6-7-10(13-2)14-11(8)9/h3-5,10H,6-7H2,1-2H3/t10-/m1/s1. The van der Waals surface area contributed by atoms with Gasteiger partial charge in [0.2, 0.25) is 0 Å². The second kappa shape index (κ2) is 3.88. The molecule has 1 heterocycles. The van der Waals surface area contributed by atoms with Crippen LogP contribution in [0.1, 0.15) is 12.0 Å². The Balaban J connectivity index is 2.33. The molecule has 76 valence electrons. The van der Waals surface area contributed by atoms with Crippen molar-refractivity contribution in [3.63, 3.8) is 0 Å². The summed E-state index contributed by atoms with van der Waals surface area (Å²) in [4.78, 5) is 0. The highest BCUT2D eigenvalue weighted by atomic mass is 16.7. The van der Waals surface area contributed by atoms with Gasteiger partial charge in [0.25, 0.3) is 0 Å². The minimum absolute atomic E-state index is 0.140. The lowest BCUT2D eigenvalue weighted by Gasteiger charge is -2.25. The van der Waals surface area contributed by atoms with E-state index >= 15 is 0 Å². The molecule has 0 bridgehead atoms. The van der Waals surface area contributed by atoms with Crippen molar-refractivity contribution < 1.29 is 14.2 Å². The molecule has 0 aliphatic carbocycles. The summed E-state index contributed by atoms with van der Waals surface area (Å²) in [6, 6.07) is 5.94. The zero-order valence-corrected chi connectivity index (χ0v) is 8.45. The third kappa shape index (κ3) is 1.55. The Labute approximate surface area is 83.6 Å². The summed E-state index contributed by atoms with van der Waals surface area (Å²) in [5, 5.41) is 0. The first kappa shape index (κ1) is 9.34. The molecule has 1 aliphatic rings. The van der Waals surface area contributed by atoms with Crippen LogP contribution in [0.3, 0.4) is 0 Å². The monoisotopic (exact) mass is 194 g/mol. The highest BCUT2D eigenvalue weighted by Gasteiger charge is 2.21. The Morgan fingerprint density at radius 3 is 2.93 bits per heavy atom. The van der Waals surface area contributed by atoms with Crippen molar-refractivity contribution in [2.45, 2.75) is 19.1 Å². The van der Waals surface area contributed by atoms with Gasteiger partial charge in [0.15, 0.2) is 17.8 Å². The molecule has 0 saturated carbocycles. The number of benzene rings is 1. The van der Waals surface area contributed by atoms with Crippen LogP contribution in [0.2, 0.25) is 0 Å². The number of hydrogen-bond acceptors (Lipinski definition) is 3. The number of para-hydroxylation sites is 1. The van der Waals surface area contributed by atoms with Crippen LogP contribution in [0.5, 0.6) is 11.5 Å². The summed E-state index contributed by atoms with van der Waals surface area (Å²) in [5.74, 6) is 1.61. The molecule has 0 amide bonds. The van der Waals surface area contributed by atoms with Gasteiger partial charge in [-0.3, -0.25) is 0 Å². The second-order valence-corrected chi connectivity index (χ2v) is 3.27. The maximum Gasteiger partial charge on any atom is 0.200 e. The van der Waals surface area contributed by atoms with Crippen LogP contribution in [-0.4, -0.2) is 20.5 Å². The Hall–Kier alpha value is -1.22. The van der Waals surface area contributed by atoms with E-state index in [-0.39, 0.29) is 6.29 Å². The van der Waals surface area contributed by atoms with Crippen molar-refractivity contribution in [1.29, 1.82) is 0 Å². The lowest BCUT2D eigenvalue weighted by atomic mass is 10.1. The quantitative estimate of drug-likeness (QED) is 0.720. The van der Waals surface area contributed by atoms with E-state index < -0.39 is 0 Å². The Kier molecular flexibility index (Phi) is 2.59. The van der Waals surface area contributed by atoms with Crippen LogP contribution < -0.4 is 9.47 Å². The number of rotatable bonds is 2. The largest absolute Gasteiger partial charge is 0.493 e. The fourth-order valence-electron chi connectivity index (χ4n) is 1.68. The molecule has 0 aromatic heterocycles. The summed E-state index contributed by atoms with van der Waals surface area (Å²) >= 11 is 0. The van der Waals surface area contributed by atoms with Crippen molar-refractivity contribution in [2.75, 3.05) is 14.2 Å². The zero-order chi connectivity index (χ0) is 9.97. The molecule has 0 unspecified atom stereocenters. The van der Waals surface area contributed by atoms with Crippen molar-refractivity contribution in [3.8, 4) is 11.5 Å². The van der Waals surface area contributed by atoms with Crippen LogP contribution in [0.15, 0.2) is 18.2 Å². The van der Waals surface area contributed by atoms with E-state index in [1.165, 1.54) is 5.56 Å². The van der Waals surface area contributed by atoms with Gasteiger partial charge in [-0.25, -0.2) is 0 Å². The average Bonchev–Trinajstić information content (AvgIpc) is 2.27. The fraction of sp³-hybridized carbons (Fsp3) is 0.455. The van der Waals surface area contributed by atoms with E-state index in [1.54, 1.807) is 14.2 Å². The molecule has 0 N–H and O–H groups in total. The van der Waals surface area contributed by atoms with Crippen LogP contribution in [0.4, 0.5) is 0 Å². The molecule has 0 saturated heterocycles. The van der Waals surface area contributed by atoms with E-state index in [0.717, 1.165) is 24.3 Å². The first-order chi connectivity index (χ1) is 6.85. The van der Waals surface area contributed by atoms with Gasteiger partial charge in [-0.15, -0.1) is 0 Å². The summed E-state index contributed by atoms with van der Waals surface area (Å²) in [7, 11) is 3.31. The van der Waals surface area contributed by atoms with Crippen LogP contribution >= 0.6 is 0 Å². The molecule has 1 aliphatic heterocycles. The van der Waals surface area contributed by atoms with Gasteiger partial charge >= 0.3 is 0 Å². The third-order valence-corrected chi connectivity index (χ3v) is 2.44. The maximum absolute atomic E-state index is 5.66. The maximum atomic E-state index is 5.66. The fourth-order valence-corrected chi connectivity index (χ4v) is 1.68. The molecular formula is C11H14O3. The Morgan fingerprint density at radius 1 is 1.36 bits per heavy atom. The minimum Gasteiger partial charge on any atom is -0.493 e. The molecular weight excluding hydrogens is 180 g/mol. The summed E-state index contributed by atoms with van der Waals surface area (Å²) in [6.07, 6.45) is 1.74. The molecule has 0 radical (unpaired) electrons. The molecule has 1 aromatic rings. The number of methoxy groups -OCH3 is 2. The van der Waals surface area contributed by atoms with Crippen molar-refractivity contribution in [2.24, 2.45) is 0 Å². The zero-order valence-electron chi connectivity index (χ0n) is 8.45. The number of aryl methyl sites for hydroxylation is 1. The smallest absolute Gasteiger partial charge is 0.200 e. The minimum atomic E-state index is -0.140. The molecule has 0 spiro atoms. The topological polar surface area (TPSA) is 27.7 Å². The van der Waals surface area contributed by atoms with Crippen LogP contribution in [-0.2, 0) is 11.2 Å². The van der Waals surface area contributed by atoms with Crippen molar-refractivity contribution in [3.05, 3.63) is 23.8 Å². The van der Waals surface area contributed by atoms with Gasteiger partial charge in [-0.05, 0) is 18.1 Å². The summed E-state index contributed by atoms with van der Waals surface area (Å²) < 4.78 is 16.1. The van der Waals surface area contributed by atoms with Gasteiger partial charge in [0.1, 0.15) is 0 Å². The SMILES string of the molecule is COc1cccc2c1O[C@@H](OC)CC2. The molecule has 0 fully saturated rings. The highest BCUT2D eigenvalue weighted by Crippen LogP contribution is 2.36. The lowest BCUT2D eigenvalue weighted by Crippen LogP contribution is -2.24. The predicted molar refractivity (Wildman–Crippen MR) is 52.7 cm³/mol. The first-order valence-electron chi connectivity index (χ1n) is 4.70. The summed E-state index contributed by atoms with van der Waals surface area (Å²) in [5.41, 5.74) is 1.19. The van der Waals surface area contributed by atoms with Gasteiger partial charge in [-0.2, -0.15) is 0 Å². The van der Waals surface area contributed by atoms with Gasteiger partial charge < -0.3 is 14.2 Å². The number of fused-ring (bicyclic) bond motifs is 1. The highest BCUT2D eigenvalue weighted by molar-refractivity contribution is 5.47. The number of ether oxygens (including phenoxy) is 3. The molecule has 3 nitrogen and oxygen atoms in total. The third-order valence-electron chi connectivity index (χ3n) is 2.44. The van der Waals surface area contributed by atoms with Crippen LogP contribution in [0, 0.1) is 0 Å². The second-order valence-electron chi connectivity index (χ2n) is 3.27. The molecule has 3 heteroatoms. The molecule has 2 rings (SSSR count). The number of hydrogen-bond donors (Lipinski definition) is 0. The van der Waals surface area contributed by atoms with E-state index in [0.29, 0.717) is 0 Å². The van der Waals surface area contributed by atoms with E-state index in [1.807, 2.05) is 12.1 Å². The molecule has 1 atom stereocenters. The van der Waals surface area contributed by atoms with Gasteiger partial charge in [0.05, 0.1) is 7.11 Å². The van der Waals surface area contributed by atoms with E-state index in [9.17, 15) is 0 Å². The Bertz CT molecular complexity index is 308. The first-order valence-corrected chi connectivity index (χ1v) is 4.70. The molecule has 1 aromatic carbocycles. The average molecular weight is 194 g/mol. The Morgan fingerprint density at radius 2 is 2.21 bits per heavy atom. The van der Waals surface area contributed by atoms with Crippen molar-refractivity contribution in [1.82, 2.24) is 0 Å².